The second-order valence-electron chi connectivity index (χ2n) is 7.42. The zero-order valence-electron chi connectivity index (χ0n) is 15.1. The molecule has 2 rings (SSSR count). The zero-order chi connectivity index (χ0) is 19.5. The van der Waals surface area contributed by atoms with Crippen LogP contribution in [0.5, 0.6) is 5.75 Å². The van der Waals surface area contributed by atoms with Crippen LogP contribution in [0.4, 0.5) is 0 Å². The average Bonchev–Trinajstić information content (AvgIpc) is 2.60. The Morgan fingerprint density at radius 3 is 2.35 bits per heavy atom. The number of amides is 3. The molecule has 0 atom stereocenters. The normalized spacial score (nSPS) is 15.5. The van der Waals surface area contributed by atoms with Crippen molar-refractivity contribution < 1.29 is 19.5 Å². The Kier molecular flexibility index (Phi) is 6.13. The molecule has 0 bridgehead atoms. The topological polar surface area (TPSA) is 98.7 Å². The highest BCUT2D eigenvalue weighted by Gasteiger charge is 2.32. The predicted octanol–water partition coefficient (Wildman–Crippen LogP) is 2.09. The van der Waals surface area contributed by atoms with Crippen LogP contribution in [0.3, 0.4) is 0 Å². The van der Waals surface area contributed by atoms with Gasteiger partial charge in [0.15, 0.2) is 0 Å². The molecule has 26 heavy (non-hydrogen) atoms. The van der Waals surface area contributed by atoms with E-state index in [1.807, 2.05) is 20.8 Å². The Hall–Kier alpha value is -2.28. The number of carbonyl (C=O) groups is 3. The van der Waals surface area contributed by atoms with E-state index in [1.54, 1.807) is 4.90 Å². The van der Waals surface area contributed by atoms with Crippen LogP contribution in [0, 0.1) is 11.3 Å². The minimum Gasteiger partial charge on any atom is -0.507 e. The quantitative estimate of drug-likeness (QED) is 0.683. The van der Waals surface area contributed by atoms with Crippen LogP contribution in [0.15, 0.2) is 18.2 Å². The molecule has 0 spiro atoms. The molecule has 1 aromatic carbocycles. The lowest BCUT2D eigenvalue weighted by Gasteiger charge is -2.35. The Labute approximate surface area is 157 Å². The van der Waals surface area contributed by atoms with Crippen LogP contribution in [-0.4, -0.2) is 40.8 Å². The van der Waals surface area contributed by atoms with Gasteiger partial charge in [0.2, 0.25) is 11.8 Å². The number of hydrogen-bond acceptors (Lipinski definition) is 4. The number of phenols is 1. The van der Waals surface area contributed by atoms with Crippen LogP contribution < -0.4 is 10.9 Å². The molecule has 142 valence electrons. The Morgan fingerprint density at radius 1 is 1.15 bits per heavy atom. The highest BCUT2D eigenvalue weighted by Crippen LogP contribution is 2.24. The molecule has 1 saturated heterocycles. The Morgan fingerprint density at radius 2 is 1.77 bits per heavy atom. The third-order valence-electron chi connectivity index (χ3n) is 4.30. The number of piperidine rings is 1. The molecule has 1 aliphatic heterocycles. The molecule has 1 fully saturated rings. The first-order valence-electron chi connectivity index (χ1n) is 8.47. The van der Waals surface area contributed by atoms with E-state index in [0.29, 0.717) is 31.0 Å². The first kappa shape index (κ1) is 20.0. The zero-order valence-corrected chi connectivity index (χ0v) is 15.9. The van der Waals surface area contributed by atoms with Crippen molar-refractivity contribution in [2.24, 2.45) is 11.3 Å². The highest BCUT2D eigenvalue weighted by molar-refractivity contribution is 6.31. The smallest absolute Gasteiger partial charge is 0.273 e. The van der Waals surface area contributed by atoms with Crippen LogP contribution in [0.2, 0.25) is 5.02 Å². The number of likely N-dealkylation sites (tertiary alicyclic amines) is 1. The largest absolute Gasteiger partial charge is 0.507 e. The monoisotopic (exact) mass is 381 g/mol. The molecular formula is C18H24ClN3O4. The number of rotatable bonds is 2. The van der Waals surface area contributed by atoms with E-state index in [1.165, 1.54) is 18.2 Å². The molecule has 0 aromatic heterocycles. The lowest BCUT2D eigenvalue weighted by atomic mass is 9.91. The fraction of sp³-hybridized carbons (Fsp3) is 0.500. The fourth-order valence-electron chi connectivity index (χ4n) is 2.80. The van der Waals surface area contributed by atoms with Gasteiger partial charge in [0.1, 0.15) is 5.75 Å². The average molecular weight is 382 g/mol. The van der Waals surface area contributed by atoms with Gasteiger partial charge in [-0.1, -0.05) is 32.4 Å². The maximum absolute atomic E-state index is 12.3. The number of carbonyl (C=O) groups excluding carboxylic acids is 3. The van der Waals surface area contributed by atoms with Crippen molar-refractivity contribution in [2.75, 3.05) is 13.1 Å². The molecule has 0 unspecified atom stereocenters. The maximum atomic E-state index is 12.3. The fourth-order valence-corrected chi connectivity index (χ4v) is 2.97. The van der Waals surface area contributed by atoms with E-state index in [-0.39, 0.29) is 29.0 Å². The molecule has 0 saturated carbocycles. The summed E-state index contributed by atoms with van der Waals surface area (Å²) in [7, 11) is 0. The predicted molar refractivity (Wildman–Crippen MR) is 97.5 cm³/mol. The molecule has 8 heteroatoms. The second-order valence-corrected chi connectivity index (χ2v) is 7.86. The van der Waals surface area contributed by atoms with E-state index >= 15 is 0 Å². The summed E-state index contributed by atoms with van der Waals surface area (Å²) < 4.78 is 0. The lowest BCUT2D eigenvalue weighted by molar-refractivity contribution is -0.142. The van der Waals surface area contributed by atoms with Crippen LogP contribution >= 0.6 is 11.6 Å². The third kappa shape index (κ3) is 4.88. The first-order valence-corrected chi connectivity index (χ1v) is 8.85. The summed E-state index contributed by atoms with van der Waals surface area (Å²) >= 11 is 5.81. The number of hydrogen-bond donors (Lipinski definition) is 3. The summed E-state index contributed by atoms with van der Waals surface area (Å²) in [5.41, 5.74) is 4.19. The van der Waals surface area contributed by atoms with E-state index in [0.717, 1.165) is 0 Å². The van der Waals surface area contributed by atoms with Crippen molar-refractivity contribution in [3.8, 4) is 5.75 Å². The summed E-state index contributed by atoms with van der Waals surface area (Å²) in [5, 5.41) is 10.00. The van der Waals surface area contributed by atoms with Crippen molar-refractivity contribution in [2.45, 2.75) is 33.6 Å². The molecular weight excluding hydrogens is 358 g/mol. The molecule has 3 N–H and O–H groups in total. The highest BCUT2D eigenvalue weighted by atomic mass is 35.5. The van der Waals surface area contributed by atoms with Gasteiger partial charge >= 0.3 is 0 Å². The maximum Gasteiger partial charge on any atom is 0.273 e. The molecule has 0 aliphatic carbocycles. The van der Waals surface area contributed by atoms with Crippen molar-refractivity contribution in [3.05, 3.63) is 28.8 Å². The summed E-state index contributed by atoms with van der Waals surface area (Å²) in [6.07, 6.45) is 1.07. The van der Waals surface area contributed by atoms with Crippen molar-refractivity contribution in [1.82, 2.24) is 15.8 Å². The minimum absolute atomic E-state index is 0.0246. The van der Waals surface area contributed by atoms with Crippen molar-refractivity contribution >= 4 is 29.3 Å². The molecule has 1 aliphatic rings. The van der Waals surface area contributed by atoms with Gasteiger partial charge in [-0.15, -0.1) is 0 Å². The molecule has 3 amide bonds. The number of nitrogens with zero attached hydrogens (tertiary/aromatic N) is 1. The van der Waals surface area contributed by atoms with Crippen LogP contribution in [0.25, 0.3) is 0 Å². The van der Waals surface area contributed by atoms with E-state index in [2.05, 4.69) is 10.9 Å². The third-order valence-corrected chi connectivity index (χ3v) is 4.53. The van der Waals surface area contributed by atoms with E-state index < -0.39 is 11.3 Å². The summed E-state index contributed by atoms with van der Waals surface area (Å²) in [6, 6.07) is 4.08. The SMILES string of the molecule is CC(C)(C)C(=O)N1CCC(C(=O)NNC(=O)c2cc(Cl)ccc2O)CC1. The number of halogens is 1. The van der Waals surface area contributed by atoms with Gasteiger partial charge in [-0.2, -0.15) is 0 Å². The van der Waals surface area contributed by atoms with Gasteiger partial charge in [0, 0.05) is 29.4 Å². The van der Waals surface area contributed by atoms with Crippen LogP contribution in [0.1, 0.15) is 44.0 Å². The number of aromatic hydroxyl groups is 1. The molecule has 7 nitrogen and oxygen atoms in total. The van der Waals surface area contributed by atoms with Gasteiger partial charge in [-0.3, -0.25) is 25.2 Å². The Bertz CT molecular complexity index is 707. The van der Waals surface area contributed by atoms with E-state index in [4.69, 9.17) is 11.6 Å². The molecule has 1 heterocycles. The molecule has 1 aromatic rings. The summed E-state index contributed by atoms with van der Waals surface area (Å²) in [5.74, 6) is -1.41. The lowest BCUT2D eigenvalue weighted by Crippen LogP contribution is -2.49. The minimum atomic E-state index is -0.654. The number of phenolic OH excluding ortho intramolecular Hbond substituents is 1. The number of benzene rings is 1. The van der Waals surface area contributed by atoms with Gasteiger partial charge in [-0.25, -0.2) is 0 Å². The summed E-state index contributed by atoms with van der Waals surface area (Å²) in [4.78, 5) is 38.3. The Balaban J connectivity index is 1.85. The van der Waals surface area contributed by atoms with Gasteiger partial charge in [0.25, 0.3) is 5.91 Å². The number of nitrogens with one attached hydrogen (secondary N) is 2. The van der Waals surface area contributed by atoms with Gasteiger partial charge in [0.05, 0.1) is 5.56 Å². The standard InChI is InChI=1S/C18H24ClN3O4/c1-18(2,3)17(26)22-8-6-11(7-9-22)15(24)20-21-16(25)13-10-12(19)4-5-14(13)23/h4-5,10-11,23H,6-9H2,1-3H3,(H,20,24)(H,21,25). The number of hydrazine groups is 1. The second kappa shape index (κ2) is 7.95. The van der Waals surface area contributed by atoms with Gasteiger partial charge < -0.3 is 10.0 Å². The van der Waals surface area contributed by atoms with E-state index in [9.17, 15) is 19.5 Å². The first-order chi connectivity index (χ1) is 12.1. The molecule has 0 radical (unpaired) electrons. The van der Waals surface area contributed by atoms with Gasteiger partial charge in [-0.05, 0) is 31.0 Å². The van der Waals surface area contributed by atoms with Crippen LogP contribution in [-0.2, 0) is 9.59 Å². The van der Waals surface area contributed by atoms with Crippen molar-refractivity contribution in [1.29, 1.82) is 0 Å². The van der Waals surface area contributed by atoms with Crippen molar-refractivity contribution in [3.63, 3.8) is 0 Å². The summed E-state index contributed by atoms with van der Waals surface area (Å²) in [6.45, 7) is 6.63.